The van der Waals surface area contributed by atoms with Crippen molar-refractivity contribution >= 4 is 0 Å². The summed E-state index contributed by atoms with van der Waals surface area (Å²) in [7, 11) is 0. The molecule has 0 bridgehead atoms. The van der Waals surface area contributed by atoms with E-state index >= 15 is 0 Å². The average Bonchev–Trinajstić information content (AvgIpc) is 2.49. The number of hydrogen-bond acceptors (Lipinski definition) is 2. The van der Waals surface area contributed by atoms with Crippen LogP contribution in [0.25, 0.3) is 0 Å². The van der Waals surface area contributed by atoms with Gasteiger partial charge in [0.1, 0.15) is 0 Å². The van der Waals surface area contributed by atoms with Gasteiger partial charge >= 0.3 is 0 Å². The summed E-state index contributed by atoms with van der Waals surface area (Å²) in [5, 5.41) is 3.98. The van der Waals surface area contributed by atoms with Crippen LogP contribution >= 0.6 is 0 Å². The smallest absolute Gasteiger partial charge is 0.0309 e. The van der Waals surface area contributed by atoms with E-state index in [1.165, 1.54) is 71.0 Å². The summed E-state index contributed by atoms with van der Waals surface area (Å²) in [5.74, 6) is 1.66. The molecule has 1 saturated heterocycles. The summed E-state index contributed by atoms with van der Waals surface area (Å²) in [4.78, 5) is 2.87. The van der Waals surface area contributed by atoms with Crippen molar-refractivity contribution in [3.05, 3.63) is 12.2 Å². The number of nitrogens with zero attached hydrogens (tertiary/aromatic N) is 1. The second-order valence-electron chi connectivity index (χ2n) is 8.11. The molecule has 3 aliphatic rings. The van der Waals surface area contributed by atoms with Crippen LogP contribution in [0.15, 0.2) is 12.2 Å². The van der Waals surface area contributed by atoms with E-state index in [2.05, 4.69) is 36.2 Å². The van der Waals surface area contributed by atoms with Crippen molar-refractivity contribution in [2.45, 2.75) is 76.8 Å². The first-order valence-corrected chi connectivity index (χ1v) is 9.33. The number of allylic oxidation sites excluding steroid dienone is 2. The second kappa shape index (κ2) is 6.83. The highest BCUT2D eigenvalue weighted by atomic mass is 15.3. The van der Waals surface area contributed by atoms with Crippen LogP contribution in [-0.2, 0) is 0 Å². The monoisotopic (exact) mass is 290 g/mol. The van der Waals surface area contributed by atoms with Crippen molar-refractivity contribution in [1.82, 2.24) is 10.2 Å². The van der Waals surface area contributed by atoms with Crippen LogP contribution in [0.1, 0.15) is 65.2 Å². The Bertz CT molecular complexity index is 355. The topological polar surface area (TPSA) is 15.3 Å². The highest BCUT2D eigenvalue weighted by molar-refractivity contribution is 5.01. The average molecular weight is 290 g/mol. The van der Waals surface area contributed by atoms with Crippen molar-refractivity contribution in [1.29, 1.82) is 0 Å². The van der Waals surface area contributed by atoms with Crippen LogP contribution in [0.4, 0.5) is 0 Å². The van der Waals surface area contributed by atoms with Gasteiger partial charge < -0.3 is 5.32 Å². The molecule has 1 heterocycles. The maximum absolute atomic E-state index is 3.98. The van der Waals surface area contributed by atoms with Gasteiger partial charge in [0.15, 0.2) is 0 Å². The zero-order chi connectivity index (χ0) is 14.7. The molecule has 2 heteroatoms. The van der Waals surface area contributed by atoms with E-state index in [1.54, 1.807) is 0 Å². The van der Waals surface area contributed by atoms with Gasteiger partial charge in [-0.25, -0.2) is 0 Å². The normalized spacial score (nSPS) is 33.7. The number of nitrogens with one attached hydrogen (secondary N) is 1. The van der Waals surface area contributed by atoms with E-state index in [1.807, 2.05) is 0 Å². The SMILES string of the molecule is CC(C)C1CNC2(CCCCC2)CN1CC1CC=CCC1. The van der Waals surface area contributed by atoms with Crippen molar-refractivity contribution < 1.29 is 0 Å². The highest BCUT2D eigenvalue weighted by Gasteiger charge is 2.40. The molecule has 0 amide bonds. The van der Waals surface area contributed by atoms with E-state index in [0.717, 1.165) is 17.9 Å². The van der Waals surface area contributed by atoms with E-state index < -0.39 is 0 Å². The van der Waals surface area contributed by atoms with E-state index in [0.29, 0.717) is 5.54 Å². The third-order valence-electron chi connectivity index (χ3n) is 6.11. The summed E-state index contributed by atoms with van der Waals surface area (Å²) >= 11 is 0. The molecule has 2 atom stereocenters. The van der Waals surface area contributed by atoms with Crippen molar-refractivity contribution in [3.63, 3.8) is 0 Å². The van der Waals surface area contributed by atoms with Crippen LogP contribution in [0.5, 0.6) is 0 Å². The molecule has 0 radical (unpaired) electrons. The van der Waals surface area contributed by atoms with Gasteiger partial charge in [-0.1, -0.05) is 45.3 Å². The second-order valence-corrected chi connectivity index (χ2v) is 8.11. The molecule has 1 aliphatic heterocycles. The van der Waals surface area contributed by atoms with Crippen molar-refractivity contribution in [3.8, 4) is 0 Å². The lowest BCUT2D eigenvalue weighted by atomic mass is 9.78. The van der Waals surface area contributed by atoms with Crippen LogP contribution in [0.2, 0.25) is 0 Å². The predicted octanol–water partition coefficient (Wildman–Crippen LogP) is 3.98. The quantitative estimate of drug-likeness (QED) is 0.791. The predicted molar refractivity (Wildman–Crippen MR) is 90.5 cm³/mol. The van der Waals surface area contributed by atoms with Gasteiger partial charge in [-0.15, -0.1) is 0 Å². The molecule has 2 unspecified atom stereocenters. The molecule has 0 aromatic rings. The molecule has 2 fully saturated rings. The summed E-state index contributed by atoms with van der Waals surface area (Å²) in [6.45, 7) is 8.64. The number of hydrogen-bond donors (Lipinski definition) is 1. The molecule has 1 saturated carbocycles. The highest BCUT2D eigenvalue weighted by Crippen LogP contribution is 2.34. The van der Waals surface area contributed by atoms with E-state index in [4.69, 9.17) is 0 Å². The van der Waals surface area contributed by atoms with Crippen LogP contribution in [0, 0.1) is 11.8 Å². The summed E-state index contributed by atoms with van der Waals surface area (Å²) in [6, 6.07) is 0.739. The Morgan fingerprint density at radius 1 is 1.19 bits per heavy atom. The molecule has 1 spiro atoms. The maximum atomic E-state index is 3.98. The van der Waals surface area contributed by atoms with Gasteiger partial charge in [0, 0.05) is 31.2 Å². The van der Waals surface area contributed by atoms with Crippen LogP contribution in [0.3, 0.4) is 0 Å². The Morgan fingerprint density at radius 3 is 2.67 bits per heavy atom. The molecular formula is C19H34N2. The Hall–Kier alpha value is -0.340. The zero-order valence-corrected chi connectivity index (χ0v) is 14.1. The Morgan fingerprint density at radius 2 is 2.00 bits per heavy atom. The largest absolute Gasteiger partial charge is 0.308 e. The van der Waals surface area contributed by atoms with Crippen molar-refractivity contribution in [2.75, 3.05) is 19.6 Å². The third kappa shape index (κ3) is 3.71. The minimum atomic E-state index is 0.453. The van der Waals surface area contributed by atoms with Crippen molar-refractivity contribution in [2.24, 2.45) is 11.8 Å². The minimum absolute atomic E-state index is 0.453. The molecule has 2 nitrogen and oxygen atoms in total. The molecule has 1 N–H and O–H groups in total. The number of piperazine rings is 1. The Labute approximate surface area is 131 Å². The molecule has 0 aromatic carbocycles. The molecular weight excluding hydrogens is 256 g/mol. The maximum Gasteiger partial charge on any atom is 0.0309 e. The number of rotatable bonds is 3. The van der Waals surface area contributed by atoms with Gasteiger partial charge in [-0.3, -0.25) is 4.90 Å². The lowest BCUT2D eigenvalue weighted by Crippen LogP contribution is -2.66. The molecule has 3 rings (SSSR count). The summed E-state index contributed by atoms with van der Waals surface area (Å²) < 4.78 is 0. The molecule has 0 aromatic heterocycles. The van der Waals surface area contributed by atoms with Crippen LogP contribution in [-0.4, -0.2) is 36.1 Å². The van der Waals surface area contributed by atoms with Gasteiger partial charge in [0.2, 0.25) is 0 Å². The lowest BCUT2D eigenvalue weighted by Gasteiger charge is -2.51. The van der Waals surface area contributed by atoms with Gasteiger partial charge in [-0.05, 0) is 43.9 Å². The summed E-state index contributed by atoms with van der Waals surface area (Å²) in [6.07, 6.45) is 15.9. The zero-order valence-electron chi connectivity index (χ0n) is 14.1. The fourth-order valence-corrected chi connectivity index (χ4v) is 4.79. The van der Waals surface area contributed by atoms with Crippen LogP contribution < -0.4 is 5.32 Å². The third-order valence-corrected chi connectivity index (χ3v) is 6.11. The minimum Gasteiger partial charge on any atom is -0.308 e. The fraction of sp³-hybridized carbons (Fsp3) is 0.895. The fourth-order valence-electron chi connectivity index (χ4n) is 4.79. The van der Waals surface area contributed by atoms with E-state index in [9.17, 15) is 0 Å². The van der Waals surface area contributed by atoms with Gasteiger partial charge in [0.05, 0.1) is 0 Å². The molecule has 120 valence electrons. The van der Waals surface area contributed by atoms with Gasteiger partial charge in [-0.2, -0.15) is 0 Å². The lowest BCUT2D eigenvalue weighted by molar-refractivity contribution is 0.0249. The summed E-state index contributed by atoms with van der Waals surface area (Å²) in [5.41, 5.74) is 0.453. The first-order chi connectivity index (χ1) is 10.2. The Kier molecular flexibility index (Phi) is 5.06. The van der Waals surface area contributed by atoms with Gasteiger partial charge in [0.25, 0.3) is 0 Å². The Balaban J connectivity index is 1.67. The molecule has 21 heavy (non-hydrogen) atoms. The van der Waals surface area contributed by atoms with E-state index in [-0.39, 0.29) is 0 Å². The first-order valence-electron chi connectivity index (χ1n) is 9.33. The molecule has 2 aliphatic carbocycles. The first kappa shape index (κ1) is 15.6. The standard InChI is InChI=1S/C19H34N2/c1-16(2)18-13-20-19(11-7-4-8-12-19)15-21(18)14-17-9-5-3-6-10-17/h3,5,16-18,20H,4,6-15H2,1-2H3.